The maximum absolute atomic E-state index is 12.0. The Labute approximate surface area is 139 Å². The summed E-state index contributed by atoms with van der Waals surface area (Å²) in [6.07, 6.45) is 0.813. The molecule has 0 aliphatic carbocycles. The van der Waals surface area contributed by atoms with Gasteiger partial charge in [0.15, 0.2) is 23.9 Å². The first-order chi connectivity index (χ1) is 11.5. The van der Waals surface area contributed by atoms with Crippen molar-refractivity contribution >= 4 is 11.7 Å². The van der Waals surface area contributed by atoms with Crippen molar-refractivity contribution in [3.05, 3.63) is 35.9 Å². The van der Waals surface area contributed by atoms with E-state index in [-0.39, 0.29) is 18.1 Å². The molecule has 0 radical (unpaired) electrons. The van der Waals surface area contributed by atoms with Crippen molar-refractivity contribution in [1.82, 2.24) is 10.2 Å². The molecule has 0 saturated carbocycles. The molecule has 7 nitrogen and oxygen atoms in total. The monoisotopic (exact) mass is 329 g/mol. The molecule has 1 aromatic heterocycles. The molecule has 3 rings (SSSR count). The normalized spacial score (nSPS) is 14.5. The maximum Gasteiger partial charge on any atom is 0.263 e. The van der Waals surface area contributed by atoms with Gasteiger partial charge in [-0.3, -0.25) is 4.79 Å². The lowest BCUT2D eigenvalue weighted by molar-refractivity contribution is -0.118. The van der Waals surface area contributed by atoms with Gasteiger partial charge in [-0.25, -0.2) is 0 Å². The number of para-hydroxylation sites is 1. The van der Waals surface area contributed by atoms with Gasteiger partial charge in [-0.05, 0) is 26.0 Å². The molecule has 7 heteroatoms. The number of ether oxygens (including phenoxy) is 3. The van der Waals surface area contributed by atoms with Crippen LogP contribution in [0.1, 0.15) is 19.4 Å². The summed E-state index contributed by atoms with van der Waals surface area (Å²) in [7, 11) is 1.50. The Kier molecular flexibility index (Phi) is 4.24. The molecule has 1 aliphatic rings. The molecule has 0 spiro atoms. The number of rotatable bonds is 5. The van der Waals surface area contributed by atoms with Crippen LogP contribution in [0.4, 0.5) is 5.82 Å². The van der Waals surface area contributed by atoms with Crippen molar-refractivity contribution < 1.29 is 19.0 Å². The number of fused-ring (bicyclic) bond motifs is 1. The van der Waals surface area contributed by atoms with Crippen molar-refractivity contribution in [2.75, 3.05) is 19.0 Å². The zero-order chi connectivity index (χ0) is 17.2. The van der Waals surface area contributed by atoms with Gasteiger partial charge < -0.3 is 19.5 Å². The highest BCUT2D eigenvalue weighted by Gasteiger charge is 2.32. The Morgan fingerprint density at radius 2 is 2.12 bits per heavy atom. The minimum absolute atomic E-state index is 0.145. The fourth-order valence-corrected chi connectivity index (χ4v) is 2.52. The molecule has 2 aromatic rings. The average molecular weight is 329 g/mol. The zero-order valence-corrected chi connectivity index (χ0v) is 13.8. The van der Waals surface area contributed by atoms with Crippen LogP contribution < -0.4 is 19.5 Å². The van der Waals surface area contributed by atoms with Crippen molar-refractivity contribution in [3.63, 3.8) is 0 Å². The minimum Gasteiger partial charge on any atom is -0.483 e. The van der Waals surface area contributed by atoms with Gasteiger partial charge in [0, 0.05) is 18.1 Å². The van der Waals surface area contributed by atoms with Gasteiger partial charge in [-0.1, -0.05) is 12.1 Å². The molecule has 1 N–H and O–H groups in total. The van der Waals surface area contributed by atoms with Gasteiger partial charge in [-0.15, -0.1) is 10.2 Å². The lowest BCUT2D eigenvalue weighted by Gasteiger charge is -2.18. The highest BCUT2D eigenvalue weighted by atomic mass is 16.5. The number of nitrogens with zero attached hydrogens (tertiary/aromatic N) is 2. The van der Waals surface area contributed by atoms with Crippen molar-refractivity contribution in [3.8, 4) is 17.4 Å². The third-order valence-electron chi connectivity index (χ3n) is 3.53. The summed E-state index contributed by atoms with van der Waals surface area (Å²) in [5.41, 5.74) is 0.821. The van der Waals surface area contributed by atoms with Gasteiger partial charge in [0.2, 0.25) is 5.88 Å². The van der Waals surface area contributed by atoms with E-state index in [1.165, 1.54) is 7.11 Å². The number of hydrogen-bond acceptors (Lipinski definition) is 6. The van der Waals surface area contributed by atoms with E-state index in [0.717, 1.165) is 12.0 Å². The minimum atomic E-state index is -0.329. The second-order valence-electron chi connectivity index (χ2n) is 6.08. The van der Waals surface area contributed by atoms with Crippen LogP contribution in [-0.4, -0.2) is 35.4 Å². The van der Waals surface area contributed by atoms with E-state index < -0.39 is 0 Å². The van der Waals surface area contributed by atoms with E-state index >= 15 is 0 Å². The largest absolute Gasteiger partial charge is 0.483 e. The Balaban J connectivity index is 1.60. The molecule has 1 amide bonds. The predicted octanol–water partition coefficient (Wildman–Crippen LogP) is 2.22. The number of nitrogens with one attached hydrogen (secondary N) is 1. The molecule has 1 aromatic carbocycles. The molecule has 1 aliphatic heterocycles. The van der Waals surface area contributed by atoms with Crippen LogP contribution in [0.3, 0.4) is 0 Å². The lowest BCUT2D eigenvalue weighted by Crippen LogP contribution is -2.25. The number of hydrogen-bond donors (Lipinski definition) is 1. The van der Waals surface area contributed by atoms with E-state index in [0.29, 0.717) is 23.2 Å². The fraction of sp³-hybridized carbons (Fsp3) is 0.353. The van der Waals surface area contributed by atoms with Gasteiger partial charge in [0.1, 0.15) is 5.60 Å². The molecule has 2 heterocycles. The summed E-state index contributed by atoms with van der Waals surface area (Å²) in [4.78, 5) is 12.0. The summed E-state index contributed by atoms with van der Waals surface area (Å²) in [5, 5.41) is 10.2. The first-order valence-electron chi connectivity index (χ1n) is 7.58. The topological polar surface area (TPSA) is 82.6 Å². The average Bonchev–Trinajstić information content (AvgIpc) is 2.88. The number of aromatic nitrogens is 2. The molecule has 0 fully saturated rings. The Hall–Kier alpha value is -2.83. The van der Waals surface area contributed by atoms with Crippen LogP contribution in [0.5, 0.6) is 17.4 Å². The number of anilines is 1. The summed E-state index contributed by atoms with van der Waals surface area (Å²) in [6, 6.07) is 8.91. The smallest absolute Gasteiger partial charge is 0.263 e. The van der Waals surface area contributed by atoms with Crippen molar-refractivity contribution in [1.29, 1.82) is 0 Å². The number of carbonyl (C=O) groups excluding carboxylic acids is 1. The molecule has 126 valence electrons. The molecular formula is C17H19N3O4. The molecule has 0 saturated heterocycles. The Morgan fingerprint density at radius 3 is 2.83 bits per heavy atom. The molecule has 0 atom stereocenters. The van der Waals surface area contributed by atoms with Crippen molar-refractivity contribution in [2.24, 2.45) is 0 Å². The number of amides is 1. The lowest BCUT2D eigenvalue weighted by atomic mass is 10.0. The summed E-state index contributed by atoms with van der Waals surface area (Å²) >= 11 is 0. The van der Waals surface area contributed by atoms with Crippen LogP contribution in [-0.2, 0) is 11.2 Å². The highest BCUT2D eigenvalue weighted by Crippen LogP contribution is 2.41. The molecule has 24 heavy (non-hydrogen) atoms. The Morgan fingerprint density at radius 1 is 1.29 bits per heavy atom. The SMILES string of the molecule is COc1ccc(NC(=O)COc2cccc3c2OC(C)(C)C3)nn1. The van der Waals surface area contributed by atoms with E-state index in [1.807, 2.05) is 26.0 Å². The number of methoxy groups -OCH3 is 1. The Bertz CT molecular complexity index is 744. The van der Waals surface area contributed by atoms with E-state index in [1.54, 1.807) is 18.2 Å². The van der Waals surface area contributed by atoms with Crippen LogP contribution in [0.2, 0.25) is 0 Å². The summed E-state index contributed by atoms with van der Waals surface area (Å²) in [5.74, 6) is 1.65. The van der Waals surface area contributed by atoms with Gasteiger partial charge in [-0.2, -0.15) is 0 Å². The summed E-state index contributed by atoms with van der Waals surface area (Å²) < 4.78 is 16.4. The number of carbonyl (C=O) groups is 1. The van der Waals surface area contributed by atoms with E-state index in [9.17, 15) is 4.79 Å². The van der Waals surface area contributed by atoms with Crippen LogP contribution in [0.15, 0.2) is 30.3 Å². The first-order valence-corrected chi connectivity index (χ1v) is 7.58. The summed E-state index contributed by atoms with van der Waals surface area (Å²) in [6.45, 7) is 3.89. The fourth-order valence-electron chi connectivity index (χ4n) is 2.52. The van der Waals surface area contributed by atoms with Crippen molar-refractivity contribution in [2.45, 2.75) is 25.9 Å². The second kappa shape index (κ2) is 6.35. The zero-order valence-electron chi connectivity index (χ0n) is 13.8. The molecular weight excluding hydrogens is 310 g/mol. The van der Waals surface area contributed by atoms with Gasteiger partial charge in [0.25, 0.3) is 5.91 Å². The number of benzene rings is 1. The van der Waals surface area contributed by atoms with E-state index in [2.05, 4.69) is 15.5 Å². The maximum atomic E-state index is 12.0. The first kappa shape index (κ1) is 16.0. The molecule has 0 bridgehead atoms. The third-order valence-corrected chi connectivity index (χ3v) is 3.53. The quantitative estimate of drug-likeness (QED) is 0.905. The van der Waals surface area contributed by atoms with Crippen LogP contribution in [0, 0.1) is 0 Å². The van der Waals surface area contributed by atoms with E-state index in [4.69, 9.17) is 14.2 Å². The second-order valence-corrected chi connectivity index (χ2v) is 6.08. The molecule has 0 unspecified atom stereocenters. The van der Waals surface area contributed by atoms with Gasteiger partial charge in [0.05, 0.1) is 7.11 Å². The predicted molar refractivity (Wildman–Crippen MR) is 87.6 cm³/mol. The standard InChI is InChI=1S/C17H19N3O4/c1-17(2)9-11-5-4-6-12(16(11)24-17)23-10-14(21)18-13-7-8-15(22-3)20-19-13/h4-8H,9-10H2,1-3H3,(H,18,19,21). The van der Waals surface area contributed by atoms with Crippen LogP contribution in [0.25, 0.3) is 0 Å². The van der Waals surface area contributed by atoms with Crippen LogP contribution >= 0.6 is 0 Å². The third kappa shape index (κ3) is 3.56. The van der Waals surface area contributed by atoms with Gasteiger partial charge >= 0.3 is 0 Å². The highest BCUT2D eigenvalue weighted by molar-refractivity contribution is 5.90.